The molecular weight excluding hydrogens is 755 g/mol. The minimum Gasteiger partial charge on any atom is -0.456 e. The van der Waals surface area contributed by atoms with Gasteiger partial charge in [0.15, 0.2) is 0 Å². The first kappa shape index (κ1) is 34.5. The van der Waals surface area contributed by atoms with Crippen molar-refractivity contribution in [1.29, 1.82) is 0 Å². The summed E-state index contributed by atoms with van der Waals surface area (Å²) in [7, 11) is 0. The van der Waals surface area contributed by atoms with Gasteiger partial charge in [0.2, 0.25) is 0 Å². The number of hydrogen-bond acceptors (Lipinski definition) is 2. The number of fused-ring (bicyclic) bond motifs is 10. The molecule has 0 unspecified atom stereocenters. The van der Waals surface area contributed by atoms with Crippen molar-refractivity contribution in [3.8, 4) is 22.5 Å². The van der Waals surface area contributed by atoms with E-state index in [0.29, 0.717) is 0 Å². The number of hydrogen-bond donors (Lipinski definition) is 0. The number of benzene rings is 10. The van der Waals surface area contributed by atoms with Crippen molar-refractivity contribution in [2.24, 2.45) is 0 Å². The topological polar surface area (TPSA) is 26.2 Å². The average Bonchev–Trinajstić information content (AvgIpc) is 3.99. The summed E-state index contributed by atoms with van der Waals surface area (Å²) in [5.41, 5.74) is 14.1. The van der Waals surface area contributed by atoms with E-state index in [1.54, 1.807) is 0 Å². The van der Waals surface area contributed by atoms with Crippen LogP contribution in [0.4, 0.5) is 17.1 Å². The van der Waals surface area contributed by atoms with Gasteiger partial charge in [0, 0.05) is 49.3 Å². The van der Waals surface area contributed by atoms with Crippen LogP contribution in [0, 0.1) is 0 Å². The van der Waals surface area contributed by atoms with E-state index in [2.05, 4.69) is 238 Å². The van der Waals surface area contributed by atoms with E-state index in [1.807, 2.05) is 0 Å². The molecule has 3 heterocycles. The maximum Gasteiger partial charge on any atom is 0.136 e. The zero-order valence-corrected chi connectivity index (χ0v) is 33.6. The monoisotopic (exact) mass is 791 g/mol. The summed E-state index contributed by atoms with van der Waals surface area (Å²) in [6.07, 6.45) is 0. The summed E-state index contributed by atoms with van der Waals surface area (Å²) in [6, 6.07) is 81.1. The predicted octanol–water partition coefficient (Wildman–Crippen LogP) is 16.1. The Balaban J connectivity index is 1.04. The quantitative estimate of drug-likeness (QED) is 0.168. The smallest absolute Gasteiger partial charge is 0.136 e. The molecule has 13 aromatic rings. The fourth-order valence-corrected chi connectivity index (χ4v) is 9.93. The molecule has 0 aliphatic rings. The first-order chi connectivity index (χ1) is 30.8. The molecular formula is C58H37N3O. The van der Waals surface area contributed by atoms with Crippen molar-refractivity contribution in [3.63, 3.8) is 0 Å². The van der Waals surface area contributed by atoms with Crippen molar-refractivity contribution in [2.75, 3.05) is 4.90 Å². The summed E-state index contributed by atoms with van der Waals surface area (Å²) in [5, 5.41) is 9.55. The highest BCUT2D eigenvalue weighted by Gasteiger charge is 2.23. The van der Waals surface area contributed by atoms with E-state index in [4.69, 9.17) is 4.42 Å². The van der Waals surface area contributed by atoms with E-state index in [1.165, 1.54) is 54.4 Å². The number of para-hydroxylation sites is 7. The molecule has 62 heavy (non-hydrogen) atoms. The van der Waals surface area contributed by atoms with E-state index < -0.39 is 0 Å². The van der Waals surface area contributed by atoms with Crippen molar-refractivity contribution in [2.45, 2.75) is 0 Å². The van der Waals surface area contributed by atoms with Gasteiger partial charge in [-0.3, -0.25) is 0 Å². The van der Waals surface area contributed by atoms with Crippen LogP contribution in [0.3, 0.4) is 0 Å². The molecule has 10 aromatic carbocycles. The normalized spacial score (nSPS) is 11.9. The van der Waals surface area contributed by atoms with Crippen LogP contribution >= 0.6 is 0 Å². The molecule has 0 radical (unpaired) electrons. The molecule has 0 amide bonds. The molecule has 0 saturated carbocycles. The molecule has 0 fully saturated rings. The summed E-state index contributed by atoms with van der Waals surface area (Å²) < 4.78 is 11.3. The highest BCUT2D eigenvalue weighted by Crippen LogP contribution is 2.46. The average molecular weight is 792 g/mol. The molecule has 3 aromatic heterocycles. The Hall–Kier alpha value is -8.34. The second-order valence-corrected chi connectivity index (χ2v) is 16.1. The van der Waals surface area contributed by atoms with Gasteiger partial charge in [-0.15, -0.1) is 0 Å². The lowest BCUT2D eigenvalue weighted by atomic mass is 9.99. The Morgan fingerprint density at radius 2 is 0.839 bits per heavy atom. The van der Waals surface area contributed by atoms with Gasteiger partial charge in [0.25, 0.3) is 0 Å². The van der Waals surface area contributed by atoms with E-state index in [9.17, 15) is 0 Å². The Kier molecular flexibility index (Phi) is 7.57. The largest absolute Gasteiger partial charge is 0.456 e. The zero-order chi connectivity index (χ0) is 40.7. The molecule has 0 saturated heterocycles. The van der Waals surface area contributed by atoms with Crippen LogP contribution in [0.2, 0.25) is 0 Å². The van der Waals surface area contributed by atoms with Gasteiger partial charge in [0.05, 0.1) is 39.1 Å². The number of nitrogens with zero attached hydrogens (tertiary/aromatic N) is 3. The van der Waals surface area contributed by atoms with Crippen molar-refractivity contribution >= 4 is 93.4 Å². The Morgan fingerprint density at radius 1 is 0.339 bits per heavy atom. The SMILES string of the molecule is c1ccc(N(c2ccc(-n3c4ccccc4c4ccccc43)cc2)c2ccccc2-n2c3ccccc3c3ccccc32)c(-c2ccc3oc4cc5ccccc5cc4c3c2)c1. The number of aromatic nitrogens is 2. The minimum atomic E-state index is 0.880. The summed E-state index contributed by atoms with van der Waals surface area (Å²) in [6.45, 7) is 0. The fourth-order valence-electron chi connectivity index (χ4n) is 9.93. The summed E-state index contributed by atoms with van der Waals surface area (Å²) in [5.74, 6) is 0. The number of anilines is 3. The minimum absolute atomic E-state index is 0.880. The van der Waals surface area contributed by atoms with Crippen molar-refractivity contribution in [3.05, 3.63) is 224 Å². The van der Waals surface area contributed by atoms with E-state index in [-0.39, 0.29) is 0 Å². The molecule has 4 nitrogen and oxygen atoms in total. The van der Waals surface area contributed by atoms with Gasteiger partial charge < -0.3 is 18.5 Å². The molecule has 0 N–H and O–H groups in total. The molecule has 0 spiro atoms. The second kappa shape index (κ2) is 13.6. The van der Waals surface area contributed by atoms with Gasteiger partial charge in [-0.2, -0.15) is 0 Å². The zero-order valence-electron chi connectivity index (χ0n) is 33.6. The van der Waals surface area contributed by atoms with E-state index >= 15 is 0 Å². The summed E-state index contributed by atoms with van der Waals surface area (Å²) >= 11 is 0. The fraction of sp³-hybridized carbons (Fsp3) is 0. The maximum absolute atomic E-state index is 6.48. The first-order valence-corrected chi connectivity index (χ1v) is 21.2. The van der Waals surface area contributed by atoms with Crippen LogP contribution in [0.25, 0.3) is 98.8 Å². The van der Waals surface area contributed by atoms with Crippen LogP contribution in [0.5, 0.6) is 0 Å². The molecule has 4 heteroatoms. The number of furan rings is 1. The second-order valence-electron chi connectivity index (χ2n) is 16.1. The lowest BCUT2D eigenvalue weighted by Crippen LogP contribution is -2.14. The van der Waals surface area contributed by atoms with Gasteiger partial charge in [-0.05, 0) is 107 Å². The van der Waals surface area contributed by atoms with Gasteiger partial charge >= 0.3 is 0 Å². The molecule has 290 valence electrons. The summed E-state index contributed by atoms with van der Waals surface area (Å²) in [4.78, 5) is 2.44. The van der Waals surface area contributed by atoms with Crippen LogP contribution in [0.1, 0.15) is 0 Å². The predicted molar refractivity (Wildman–Crippen MR) is 260 cm³/mol. The Bertz CT molecular complexity index is 3780. The van der Waals surface area contributed by atoms with Gasteiger partial charge in [0.1, 0.15) is 11.2 Å². The van der Waals surface area contributed by atoms with Gasteiger partial charge in [-0.25, -0.2) is 0 Å². The molecule has 13 rings (SSSR count). The van der Waals surface area contributed by atoms with Crippen LogP contribution in [0.15, 0.2) is 229 Å². The number of rotatable bonds is 6. The Morgan fingerprint density at radius 3 is 1.48 bits per heavy atom. The first-order valence-electron chi connectivity index (χ1n) is 21.2. The van der Waals surface area contributed by atoms with E-state index in [0.717, 1.165) is 61.5 Å². The lowest BCUT2D eigenvalue weighted by Gasteiger charge is -2.30. The highest BCUT2D eigenvalue weighted by molar-refractivity contribution is 6.13. The maximum atomic E-state index is 6.48. The van der Waals surface area contributed by atoms with Crippen molar-refractivity contribution < 1.29 is 4.42 Å². The highest BCUT2D eigenvalue weighted by atomic mass is 16.3. The third kappa shape index (κ3) is 5.20. The molecule has 0 bridgehead atoms. The standard InChI is InChI=1S/C58H37N3O/c1-2-16-39-37-58-49(35-38(39)15-1)48-36-40(29-34-57(48)62-58)43-17-3-8-22-50(43)60(42-32-30-41(31-33-42)59-51-23-9-4-18-44(51)45-19-5-10-24-52(45)59)55-27-13-14-28-56(55)61-53-25-11-6-20-46(53)47-21-7-12-26-54(47)61/h1-37H. The third-order valence-electron chi connectivity index (χ3n) is 12.7. The molecule has 0 aliphatic carbocycles. The molecule has 0 aliphatic heterocycles. The van der Waals surface area contributed by atoms with Crippen LogP contribution in [-0.2, 0) is 0 Å². The molecule has 0 atom stereocenters. The van der Waals surface area contributed by atoms with Crippen LogP contribution in [-0.4, -0.2) is 9.13 Å². The van der Waals surface area contributed by atoms with Crippen molar-refractivity contribution in [1.82, 2.24) is 9.13 Å². The van der Waals surface area contributed by atoms with Crippen LogP contribution < -0.4 is 4.90 Å². The van der Waals surface area contributed by atoms with Gasteiger partial charge in [-0.1, -0.05) is 133 Å². The third-order valence-corrected chi connectivity index (χ3v) is 12.7. The Labute approximate surface area is 357 Å². The lowest BCUT2D eigenvalue weighted by molar-refractivity contribution is 0.669.